The number of nitrogens with one attached hydrogen (secondary N) is 1. The van der Waals surface area contributed by atoms with Crippen LogP contribution in [0.25, 0.3) is 0 Å². The van der Waals surface area contributed by atoms with Crippen molar-refractivity contribution in [3.63, 3.8) is 0 Å². The van der Waals surface area contributed by atoms with Crippen molar-refractivity contribution in [1.82, 2.24) is 9.80 Å². The van der Waals surface area contributed by atoms with Gasteiger partial charge in [0.2, 0.25) is 11.8 Å². The van der Waals surface area contributed by atoms with Crippen molar-refractivity contribution in [1.29, 1.82) is 0 Å². The van der Waals surface area contributed by atoms with Gasteiger partial charge in [-0.2, -0.15) is 0 Å². The van der Waals surface area contributed by atoms with Gasteiger partial charge in [-0.15, -0.1) is 0 Å². The number of carbonyl (C=O) groups excluding carboxylic acids is 2. The molecule has 5 heteroatoms. The fourth-order valence-electron chi connectivity index (χ4n) is 9.89. The van der Waals surface area contributed by atoms with E-state index in [4.69, 9.17) is 0 Å². The molecule has 7 atom stereocenters. The summed E-state index contributed by atoms with van der Waals surface area (Å²) >= 11 is 0. The Kier molecular flexibility index (Phi) is 5.47. The average Bonchev–Trinajstić information content (AvgIpc) is 3.30. The molecule has 4 fully saturated rings. The first kappa shape index (κ1) is 25.0. The number of carbonyl (C=O) groups is 2. The van der Waals surface area contributed by atoms with Crippen molar-refractivity contribution >= 4 is 17.5 Å². The van der Waals surface area contributed by atoms with E-state index >= 15 is 0 Å². The van der Waals surface area contributed by atoms with Crippen LogP contribution in [0.5, 0.6) is 0 Å². The first-order valence-electron chi connectivity index (χ1n) is 14.5. The lowest BCUT2D eigenvalue weighted by molar-refractivity contribution is -0.161. The lowest BCUT2D eigenvalue weighted by atomic mass is 9.46. The molecule has 0 aromatic heterocycles. The van der Waals surface area contributed by atoms with E-state index in [1.54, 1.807) is 4.90 Å². The van der Waals surface area contributed by atoms with E-state index in [1.165, 1.54) is 36.8 Å². The van der Waals surface area contributed by atoms with Gasteiger partial charge in [-0.1, -0.05) is 71.4 Å². The summed E-state index contributed by atoms with van der Waals surface area (Å²) in [5.74, 6) is 1.32. The molecule has 3 aliphatic heterocycles. The smallest absolute Gasteiger partial charge is 0.247 e. The molecule has 1 aromatic carbocycles. The van der Waals surface area contributed by atoms with Gasteiger partial charge in [-0.05, 0) is 78.7 Å². The van der Waals surface area contributed by atoms with E-state index in [9.17, 15) is 9.59 Å². The molecule has 2 saturated heterocycles. The number of nitrogens with zero attached hydrogens (tertiary/aromatic N) is 2. The zero-order chi connectivity index (χ0) is 26.5. The molecular weight excluding hydrogens is 458 g/mol. The lowest BCUT2D eigenvalue weighted by Crippen LogP contribution is -2.65. The van der Waals surface area contributed by atoms with Crippen LogP contribution in [-0.2, 0) is 15.0 Å². The number of piperazine rings is 1. The van der Waals surface area contributed by atoms with E-state index in [-0.39, 0.29) is 34.7 Å². The largest absolute Gasteiger partial charge is 0.364 e. The molecule has 2 amide bonds. The Balaban J connectivity index is 1.46. The molecule has 37 heavy (non-hydrogen) atoms. The molecule has 3 heterocycles. The second kappa shape index (κ2) is 8.10. The Bertz CT molecular complexity index is 1160. The first-order valence-corrected chi connectivity index (χ1v) is 14.5. The number of fused-ring (bicyclic) bond motifs is 6. The minimum atomic E-state index is -0.407. The summed E-state index contributed by atoms with van der Waals surface area (Å²) in [6, 6.07) is 7.79. The van der Waals surface area contributed by atoms with Crippen LogP contribution >= 0.6 is 0 Å². The predicted molar refractivity (Wildman–Crippen MR) is 148 cm³/mol. The van der Waals surface area contributed by atoms with Crippen molar-refractivity contribution in [3.05, 3.63) is 42.0 Å². The number of allylic oxidation sites excluding steroid dienone is 1. The Morgan fingerprint density at radius 3 is 2.57 bits per heavy atom. The van der Waals surface area contributed by atoms with Crippen molar-refractivity contribution in [2.24, 2.45) is 28.6 Å². The van der Waals surface area contributed by atoms with Crippen LogP contribution in [0.4, 0.5) is 5.69 Å². The third kappa shape index (κ3) is 3.27. The highest BCUT2D eigenvalue weighted by Crippen LogP contribution is 2.65. The highest BCUT2D eigenvalue weighted by molar-refractivity contribution is 5.98. The van der Waals surface area contributed by atoms with E-state index < -0.39 is 12.1 Å². The second-order valence-corrected chi connectivity index (χ2v) is 14.2. The maximum absolute atomic E-state index is 14.0. The Labute approximate surface area is 223 Å². The highest BCUT2D eigenvalue weighted by atomic mass is 16.2. The Hall–Kier alpha value is -2.30. The van der Waals surface area contributed by atoms with Gasteiger partial charge in [0, 0.05) is 18.2 Å². The summed E-state index contributed by atoms with van der Waals surface area (Å²) in [4.78, 5) is 31.5. The van der Waals surface area contributed by atoms with Gasteiger partial charge in [-0.25, -0.2) is 0 Å². The molecule has 0 bridgehead atoms. The summed E-state index contributed by atoms with van der Waals surface area (Å²) < 4.78 is 0. The van der Waals surface area contributed by atoms with Crippen molar-refractivity contribution in [2.75, 3.05) is 12.4 Å². The molecular formula is C32H45N3O2. The van der Waals surface area contributed by atoms with E-state index in [0.29, 0.717) is 23.7 Å². The van der Waals surface area contributed by atoms with Gasteiger partial charge in [0.25, 0.3) is 0 Å². The van der Waals surface area contributed by atoms with E-state index in [1.807, 2.05) is 25.8 Å². The Morgan fingerprint density at radius 2 is 1.84 bits per heavy atom. The summed E-state index contributed by atoms with van der Waals surface area (Å²) in [5.41, 5.74) is 4.03. The maximum Gasteiger partial charge on any atom is 0.247 e. The van der Waals surface area contributed by atoms with Crippen molar-refractivity contribution < 1.29 is 9.59 Å². The molecule has 2 aliphatic carbocycles. The number of rotatable bonds is 3. The van der Waals surface area contributed by atoms with Crippen LogP contribution in [0, 0.1) is 28.6 Å². The van der Waals surface area contributed by atoms with Gasteiger partial charge in [0.05, 0.1) is 0 Å². The summed E-state index contributed by atoms with van der Waals surface area (Å²) in [6.07, 6.45) is 7.58. The minimum Gasteiger partial charge on any atom is -0.364 e. The third-order valence-corrected chi connectivity index (χ3v) is 11.5. The van der Waals surface area contributed by atoms with E-state index in [0.717, 1.165) is 18.5 Å². The molecule has 1 unspecified atom stereocenters. The SMILES string of the molecule is C=C1CC[C@H]2C(C)(C)CCC[C@]2(C)[C@H]1CC12C[C@@H]3C(=O)N(C)[C@@H](C(C)C)C(=O)N3[C@@H]1Nc1ccccc12. The fraction of sp³-hybridized carbons (Fsp3) is 0.688. The predicted octanol–water partition coefficient (Wildman–Crippen LogP) is 5.96. The molecule has 200 valence electrons. The van der Waals surface area contributed by atoms with Gasteiger partial charge >= 0.3 is 0 Å². The van der Waals surface area contributed by atoms with Gasteiger partial charge < -0.3 is 15.1 Å². The van der Waals surface area contributed by atoms with Crippen LogP contribution in [-0.4, -0.2) is 46.9 Å². The van der Waals surface area contributed by atoms with Crippen molar-refractivity contribution in [2.45, 2.75) is 103 Å². The highest BCUT2D eigenvalue weighted by Gasteiger charge is 2.66. The van der Waals surface area contributed by atoms with Crippen LogP contribution in [0.2, 0.25) is 0 Å². The minimum absolute atomic E-state index is 0.0726. The van der Waals surface area contributed by atoms with E-state index in [2.05, 4.69) is 56.9 Å². The number of benzene rings is 1. The molecule has 2 saturated carbocycles. The zero-order valence-electron chi connectivity index (χ0n) is 23.6. The van der Waals surface area contributed by atoms with Gasteiger partial charge in [-0.3, -0.25) is 9.59 Å². The molecule has 5 nitrogen and oxygen atoms in total. The topological polar surface area (TPSA) is 52.7 Å². The summed E-state index contributed by atoms with van der Waals surface area (Å²) in [5, 5.41) is 3.77. The second-order valence-electron chi connectivity index (χ2n) is 14.2. The number of amides is 2. The van der Waals surface area contributed by atoms with Gasteiger partial charge in [0.15, 0.2) is 0 Å². The summed E-state index contributed by atoms with van der Waals surface area (Å²) in [7, 11) is 1.82. The Morgan fingerprint density at radius 1 is 1.11 bits per heavy atom. The normalized spacial score (nSPS) is 40.3. The zero-order valence-corrected chi connectivity index (χ0v) is 23.6. The standard InChI is InChI=1S/C32H45N3O2/c1-19(2)26-28(37)35-24(27(36)34(26)7)18-32(21-11-8-9-12-23(21)33-29(32)35)17-22-20(3)13-14-25-30(4,5)15-10-16-31(22,25)6/h8-9,11-12,19,22,24-26,29,33H,3,10,13-18H2,1-2,4-7H3/t22-,24+,25-,26-,29-,31+,32?/m0/s1. The third-order valence-electron chi connectivity index (χ3n) is 11.5. The van der Waals surface area contributed by atoms with Gasteiger partial charge in [0.1, 0.15) is 18.2 Å². The lowest BCUT2D eigenvalue weighted by Gasteiger charge is -2.59. The van der Waals surface area contributed by atoms with Crippen LogP contribution in [0.3, 0.4) is 0 Å². The average molecular weight is 504 g/mol. The molecule has 1 N–H and O–H groups in total. The molecule has 1 aromatic rings. The molecule has 0 spiro atoms. The van der Waals surface area contributed by atoms with Crippen LogP contribution in [0.1, 0.15) is 85.1 Å². The maximum atomic E-state index is 14.0. The van der Waals surface area contributed by atoms with Crippen LogP contribution in [0.15, 0.2) is 36.4 Å². The summed E-state index contributed by atoms with van der Waals surface area (Å²) in [6.45, 7) is 16.3. The number of likely N-dealkylation sites (N-methyl/N-ethyl adjacent to an activating group) is 1. The number of hydrogen-bond donors (Lipinski definition) is 1. The monoisotopic (exact) mass is 503 g/mol. The number of anilines is 1. The number of hydrogen-bond acceptors (Lipinski definition) is 3. The molecule has 0 radical (unpaired) electrons. The number of para-hydroxylation sites is 1. The first-order chi connectivity index (χ1) is 17.4. The quantitative estimate of drug-likeness (QED) is 0.518. The van der Waals surface area contributed by atoms with Crippen LogP contribution < -0.4 is 5.32 Å². The molecule has 5 aliphatic rings. The molecule has 6 rings (SSSR count). The fourth-order valence-corrected chi connectivity index (χ4v) is 9.89. The van der Waals surface area contributed by atoms with Crippen molar-refractivity contribution in [3.8, 4) is 0 Å².